The molecule has 0 aliphatic rings. The number of hydrogen-bond donors (Lipinski definition) is 2. The van der Waals surface area contributed by atoms with Gasteiger partial charge in [0, 0.05) is 11.4 Å². The molecule has 0 aliphatic carbocycles. The van der Waals surface area contributed by atoms with E-state index in [0.29, 0.717) is 11.7 Å². The van der Waals surface area contributed by atoms with Crippen molar-refractivity contribution >= 4 is 33.8 Å². The van der Waals surface area contributed by atoms with E-state index < -0.39 is 0 Å². The number of fused-ring (bicyclic) bond motifs is 1. The molecular formula is C18H17N3S. The summed E-state index contributed by atoms with van der Waals surface area (Å²) in [5.74, 6) is 0. The van der Waals surface area contributed by atoms with E-state index in [-0.39, 0.29) is 0 Å². The fourth-order valence-electron chi connectivity index (χ4n) is 2.31. The zero-order valence-electron chi connectivity index (χ0n) is 12.3. The molecule has 0 bridgehead atoms. The van der Waals surface area contributed by atoms with Crippen molar-refractivity contribution in [3.05, 3.63) is 72.1 Å². The molecule has 0 unspecified atom stereocenters. The highest BCUT2D eigenvalue weighted by atomic mass is 32.1. The molecular weight excluding hydrogens is 290 g/mol. The highest BCUT2D eigenvalue weighted by Crippen LogP contribution is 2.18. The summed E-state index contributed by atoms with van der Waals surface area (Å²) in [5.41, 5.74) is 2.96. The minimum atomic E-state index is 0.596. The van der Waals surface area contributed by atoms with Gasteiger partial charge in [-0.2, -0.15) is 0 Å². The van der Waals surface area contributed by atoms with E-state index >= 15 is 0 Å². The van der Waals surface area contributed by atoms with Gasteiger partial charge in [0.1, 0.15) is 0 Å². The number of hydrogen-bond acceptors (Lipinski definition) is 2. The summed E-state index contributed by atoms with van der Waals surface area (Å²) in [6.45, 7) is 2.59. The third-order valence-corrected chi connectivity index (χ3v) is 3.63. The van der Waals surface area contributed by atoms with Crippen molar-refractivity contribution in [2.24, 2.45) is 0 Å². The van der Waals surface area contributed by atoms with Gasteiger partial charge in [0.05, 0.1) is 12.2 Å². The maximum Gasteiger partial charge on any atom is 0.171 e. The lowest BCUT2D eigenvalue weighted by Crippen LogP contribution is -2.28. The summed E-state index contributed by atoms with van der Waals surface area (Å²) in [6, 6.07) is 20.4. The summed E-state index contributed by atoms with van der Waals surface area (Å²) >= 11 is 5.34. The van der Waals surface area contributed by atoms with Crippen LogP contribution in [0.3, 0.4) is 0 Å². The molecule has 4 heteroatoms. The lowest BCUT2D eigenvalue weighted by molar-refractivity contribution is 0.873. The molecule has 0 spiro atoms. The Morgan fingerprint density at radius 3 is 2.64 bits per heavy atom. The third kappa shape index (κ3) is 3.59. The highest BCUT2D eigenvalue weighted by molar-refractivity contribution is 7.80. The van der Waals surface area contributed by atoms with Crippen molar-refractivity contribution < 1.29 is 0 Å². The van der Waals surface area contributed by atoms with Crippen LogP contribution in [-0.4, -0.2) is 10.1 Å². The molecule has 110 valence electrons. The van der Waals surface area contributed by atoms with E-state index in [9.17, 15) is 0 Å². The average Bonchev–Trinajstić information content (AvgIpc) is 2.53. The molecule has 0 amide bonds. The topological polar surface area (TPSA) is 37.0 Å². The Labute approximate surface area is 135 Å². The SMILES string of the molecule is Cc1cccc(CNC(=S)Nc2ccc3ccccc3c2)n1. The van der Waals surface area contributed by atoms with E-state index in [1.165, 1.54) is 10.8 Å². The van der Waals surface area contributed by atoms with Gasteiger partial charge in [-0.15, -0.1) is 0 Å². The summed E-state index contributed by atoms with van der Waals surface area (Å²) in [5, 5.41) is 9.40. The number of pyridine rings is 1. The monoisotopic (exact) mass is 307 g/mol. The molecule has 1 aromatic heterocycles. The lowest BCUT2D eigenvalue weighted by Gasteiger charge is -2.11. The smallest absolute Gasteiger partial charge is 0.171 e. The number of benzene rings is 2. The number of aryl methyl sites for hydroxylation is 1. The maximum atomic E-state index is 5.34. The molecule has 0 atom stereocenters. The highest BCUT2D eigenvalue weighted by Gasteiger charge is 2.00. The van der Waals surface area contributed by atoms with Crippen LogP contribution in [0.4, 0.5) is 5.69 Å². The molecule has 0 radical (unpaired) electrons. The number of aromatic nitrogens is 1. The predicted molar refractivity (Wildman–Crippen MR) is 96.0 cm³/mol. The van der Waals surface area contributed by atoms with Crippen LogP contribution in [0.25, 0.3) is 10.8 Å². The molecule has 3 nitrogen and oxygen atoms in total. The Hall–Kier alpha value is -2.46. The molecule has 0 aliphatic heterocycles. The standard InChI is InChI=1S/C18H17N3S/c1-13-5-4-8-17(20-13)12-19-18(22)21-16-10-9-14-6-2-3-7-15(14)11-16/h2-11H,12H2,1H3,(H2,19,21,22). The molecule has 3 rings (SSSR count). The predicted octanol–water partition coefficient (Wildman–Crippen LogP) is 4.03. The third-order valence-electron chi connectivity index (χ3n) is 3.38. The van der Waals surface area contributed by atoms with Crippen molar-refractivity contribution in [3.63, 3.8) is 0 Å². The van der Waals surface area contributed by atoms with Crippen molar-refractivity contribution in [1.82, 2.24) is 10.3 Å². The first-order chi connectivity index (χ1) is 10.7. The van der Waals surface area contributed by atoms with Crippen LogP contribution in [0.15, 0.2) is 60.7 Å². The zero-order chi connectivity index (χ0) is 15.4. The van der Waals surface area contributed by atoms with Crippen LogP contribution in [0.5, 0.6) is 0 Å². The van der Waals surface area contributed by atoms with Crippen LogP contribution >= 0.6 is 12.2 Å². The normalized spacial score (nSPS) is 10.4. The second-order valence-corrected chi connectivity index (χ2v) is 5.55. The fourth-order valence-corrected chi connectivity index (χ4v) is 2.50. The Kier molecular flexibility index (Phi) is 4.30. The van der Waals surface area contributed by atoms with Gasteiger partial charge in [-0.3, -0.25) is 4.98 Å². The van der Waals surface area contributed by atoms with Crippen LogP contribution in [0.2, 0.25) is 0 Å². The zero-order valence-corrected chi connectivity index (χ0v) is 13.2. The molecule has 3 aromatic rings. The molecule has 0 saturated carbocycles. The lowest BCUT2D eigenvalue weighted by atomic mass is 10.1. The minimum Gasteiger partial charge on any atom is -0.357 e. The Morgan fingerprint density at radius 1 is 1.00 bits per heavy atom. The van der Waals surface area contributed by atoms with Gasteiger partial charge in [0.25, 0.3) is 0 Å². The van der Waals surface area contributed by atoms with Gasteiger partial charge >= 0.3 is 0 Å². The summed E-state index contributed by atoms with van der Waals surface area (Å²) in [6.07, 6.45) is 0. The molecule has 0 saturated heterocycles. The van der Waals surface area contributed by atoms with Gasteiger partial charge in [-0.05, 0) is 54.2 Å². The van der Waals surface area contributed by atoms with E-state index in [1.807, 2.05) is 43.3 Å². The van der Waals surface area contributed by atoms with E-state index in [4.69, 9.17) is 12.2 Å². The van der Waals surface area contributed by atoms with Crippen LogP contribution in [0.1, 0.15) is 11.4 Å². The first kappa shape index (κ1) is 14.5. The number of nitrogens with zero attached hydrogens (tertiary/aromatic N) is 1. The number of anilines is 1. The van der Waals surface area contributed by atoms with Crippen molar-refractivity contribution in [2.45, 2.75) is 13.5 Å². The van der Waals surface area contributed by atoms with E-state index in [0.717, 1.165) is 17.1 Å². The van der Waals surface area contributed by atoms with Gasteiger partial charge in [-0.25, -0.2) is 0 Å². The second-order valence-electron chi connectivity index (χ2n) is 5.14. The van der Waals surface area contributed by atoms with Gasteiger partial charge in [-0.1, -0.05) is 36.4 Å². The Morgan fingerprint density at radius 2 is 1.82 bits per heavy atom. The molecule has 2 aromatic carbocycles. The van der Waals surface area contributed by atoms with Crippen LogP contribution in [-0.2, 0) is 6.54 Å². The largest absolute Gasteiger partial charge is 0.357 e. The van der Waals surface area contributed by atoms with Gasteiger partial charge in [0.15, 0.2) is 5.11 Å². The van der Waals surface area contributed by atoms with E-state index in [1.54, 1.807) is 0 Å². The van der Waals surface area contributed by atoms with E-state index in [2.05, 4.69) is 39.9 Å². The molecule has 0 fully saturated rings. The first-order valence-corrected chi connectivity index (χ1v) is 7.58. The molecule has 2 N–H and O–H groups in total. The number of nitrogens with one attached hydrogen (secondary N) is 2. The number of rotatable bonds is 3. The summed E-state index contributed by atoms with van der Waals surface area (Å²) in [4.78, 5) is 4.44. The van der Waals surface area contributed by atoms with Gasteiger partial charge in [0.2, 0.25) is 0 Å². The first-order valence-electron chi connectivity index (χ1n) is 7.17. The van der Waals surface area contributed by atoms with Crippen molar-refractivity contribution in [2.75, 3.05) is 5.32 Å². The quantitative estimate of drug-likeness (QED) is 0.716. The fraction of sp³-hybridized carbons (Fsp3) is 0.111. The molecule has 22 heavy (non-hydrogen) atoms. The van der Waals surface area contributed by atoms with Crippen molar-refractivity contribution in [3.8, 4) is 0 Å². The van der Waals surface area contributed by atoms with Gasteiger partial charge < -0.3 is 10.6 Å². The second kappa shape index (κ2) is 6.54. The van der Waals surface area contributed by atoms with Crippen molar-refractivity contribution in [1.29, 1.82) is 0 Å². The summed E-state index contributed by atoms with van der Waals surface area (Å²) < 4.78 is 0. The van der Waals surface area contributed by atoms with Crippen LogP contribution < -0.4 is 10.6 Å². The van der Waals surface area contributed by atoms with Crippen LogP contribution in [0, 0.1) is 6.92 Å². The molecule has 1 heterocycles. The Balaban J connectivity index is 1.63. The minimum absolute atomic E-state index is 0.596. The maximum absolute atomic E-state index is 5.34. The average molecular weight is 307 g/mol. The Bertz CT molecular complexity index is 814. The number of thiocarbonyl (C=S) groups is 1. The summed E-state index contributed by atoms with van der Waals surface area (Å²) in [7, 11) is 0.